The van der Waals surface area contributed by atoms with Gasteiger partial charge in [-0.2, -0.15) is 0 Å². The molecule has 1 aromatic carbocycles. The molecule has 0 fully saturated rings. The molecule has 0 N–H and O–H groups in total. The third kappa shape index (κ3) is 18.7. The van der Waals surface area contributed by atoms with Crippen molar-refractivity contribution in [2.24, 2.45) is 0 Å². The quantitative estimate of drug-likeness (QED) is 0.173. The molecule has 0 heterocycles. The van der Waals surface area contributed by atoms with E-state index in [9.17, 15) is 13.2 Å². The first-order chi connectivity index (χ1) is 14.5. The van der Waals surface area contributed by atoms with Crippen LogP contribution in [-0.4, -0.2) is 43.9 Å². The monoisotopic (exact) mass is 464 g/mol. The Hall–Kier alpha value is -0.560. The summed E-state index contributed by atoms with van der Waals surface area (Å²) in [5.41, 5.74) is 0. The van der Waals surface area contributed by atoms with E-state index in [1.165, 1.54) is 89.2 Å². The molecular weight excluding hydrogens is 423 g/mol. The molecule has 0 amide bonds. The Kier molecular flexibility index (Phi) is 19.7. The Morgan fingerprint density at radius 3 is 1.58 bits per heavy atom. The fourth-order valence-corrected chi connectivity index (χ4v) is 4.10. The van der Waals surface area contributed by atoms with Gasteiger partial charge in [0.1, 0.15) is 5.75 Å². The number of carbonyl (C=O) groups is 1. The summed E-state index contributed by atoms with van der Waals surface area (Å²) in [6.07, 6.45) is 18.7. The van der Waals surface area contributed by atoms with Crippen LogP contribution < -0.4 is 4.18 Å². The topological polar surface area (TPSA) is 69.7 Å². The Morgan fingerprint density at radius 1 is 0.710 bits per heavy atom. The second kappa shape index (κ2) is 20.1. The van der Waals surface area contributed by atoms with Gasteiger partial charge in [-0.05, 0) is 18.6 Å². The van der Waals surface area contributed by atoms with Crippen LogP contribution >= 0.6 is 0 Å². The van der Waals surface area contributed by atoms with E-state index in [1.807, 2.05) is 0 Å². The van der Waals surface area contributed by atoms with E-state index in [1.54, 1.807) is 18.2 Å². The van der Waals surface area contributed by atoms with E-state index in [-0.39, 0.29) is 41.7 Å². The van der Waals surface area contributed by atoms with Crippen molar-refractivity contribution < 1.29 is 21.6 Å². The molecular formula is C24H41NaO5S. The molecule has 31 heavy (non-hydrogen) atoms. The van der Waals surface area contributed by atoms with Gasteiger partial charge < -0.3 is 8.37 Å². The molecule has 0 bridgehead atoms. The van der Waals surface area contributed by atoms with E-state index in [0.717, 1.165) is 12.8 Å². The number of hydrogen-bond donors (Lipinski definition) is 0. The van der Waals surface area contributed by atoms with Crippen molar-refractivity contribution in [2.45, 2.75) is 110 Å². The average Bonchev–Trinajstić information content (AvgIpc) is 2.71. The minimum atomic E-state index is -4.35. The van der Waals surface area contributed by atoms with E-state index in [0.29, 0.717) is 6.42 Å². The summed E-state index contributed by atoms with van der Waals surface area (Å²) in [7, 11) is -4.35. The van der Waals surface area contributed by atoms with Crippen LogP contribution in [0.4, 0.5) is 0 Å². The molecule has 174 valence electrons. The van der Waals surface area contributed by atoms with Gasteiger partial charge >= 0.3 is 45.9 Å². The van der Waals surface area contributed by atoms with Crippen LogP contribution in [-0.2, 0) is 19.4 Å². The van der Waals surface area contributed by atoms with Crippen molar-refractivity contribution in [1.29, 1.82) is 0 Å². The minimum absolute atomic E-state index is 0. The van der Waals surface area contributed by atoms with Gasteiger partial charge in [0.15, 0.2) is 0 Å². The van der Waals surface area contributed by atoms with Crippen molar-refractivity contribution in [1.82, 2.24) is 0 Å². The number of carbonyl (C=O) groups excluding carboxylic acids is 1. The van der Waals surface area contributed by atoms with Gasteiger partial charge in [0.05, 0.1) is 0 Å². The van der Waals surface area contributed by atoms with E-state index < -0.39 is 16.4 Å². The first-order valence-electron chi connectivity index (χ1n) is 11.8. The summed E-state index contributed by atoms with van der Waals surface area (Å²) >= 11 is 0. The number of unbranched alkanes of at least 4 members (excludes halogenated alkanes) is 14. The van der Waals surface area contributed by atoms with Crippen molar-refractivity contribution in [2.75, 3.05) is 0 Å². The van der Waals surface area contributed by atoms with Gasteiger partial charge in [-0.1, -0.05) is 115 Å². The van der Waals surface area contributed by atoms with Crippen LogP contribution in [0.3, 0.4) is 0 Å². The molecule has 0 saturated heterocycles. The zero-order chi connectivity index (χ0) is 21.9. The summed E-state index contributed by atoms with van der Waals surface area (Å²) in [6, 6.07) is 7.99. The van der Waals surface area contributed by atoms with Crippen molar-refractivity contribution in [3.63, 3.8) is 0 Å². The maximum absolute atomic E-state index is 11.7. The number of para-hydroxylation sites is 1. The Labute approximate surface area is 212 Å². The first kappa shape index (κ1) is 30.4. The van der Waals surface area contributed by atoms with Crippen molar-refractivity contribution in [3.05, 3.63) is 30.3 Å². The molecule has 0 spiro atoms. The zero-order valence-electron chi connectivity index (χ0n) is 18.6. The fourth-order valence-electron chi connectivity index (χ4n) is 3.41. The van der Waals surface area contributed by atoms with Gasteiger partial charge in [0, 0.05) is 6.42 Å². The molecule has 7 heteroatoms. The van der Waals surface area contributed by atoms with E-state index in [4.69, 9.17) is 4.18 Å². The first-order valence-corrected chi connectivity index (χ1v) is 13.1. The molecule has 0 aromatic heterocycles. The standard InChI is InChI=1S/C24H40O5S.Na.H/c1-2-3-4-5-6-7-8-9-10-11-12-13-14-15-19-22-24(25)29-30(26,27)28-23-20-17-16-18-21-23;;/h16-18,20-21H,2-15,19,22H2,1H3;;. The van der Waals surface area contributed by atoms with Crippen LogP contribution in [0.2, 0.25) is 0 Å². The summed E-state index contributed by atoms with van der Waals surface area (Å²) in [6.45, 7) is 2.25. The number of hydrogen-bond acceptors (Lipinski definition) is 5. The summed E-state index contributed by atoms with van der Waals surface area (Å²) in [5, 5.41) is 0. The fraction of sp³-hybridized carbons (Fsp3) is 0.708. The molecule has 0 atom stereocenters. The molecule has 0 saturated carbocycles. The third-order valence-corrected chi connectivity index (χ3v) is 5.91. The van der Waals surface area contributed by atoms with E-state index in [2.05, 4.69) is 11.1 Å². The molecule has 1 rings (SSSR count). The summed E-state index contributed by atoms with van der Waals surface area (Å²) in [5.74, 6) is -0.641. The van der Waals surface area contributed by atoms with Crippen LogP contribution in [0, 0.1) is 0 Å². The third-order valence-electron chi connectivity index (χ3n) is 5.12. The second-order valence-electron chi connectivity index (χ2n) is 7.96. The van der Waals surface area contributed by atoms with Gasteiger partial charge in [-0.15, -0.1) is 8.42 Å². The average molecular weight is 465 g/mol. The van der Waals surface area contributed by atoms with Crippen LogP contribution in [0.25, 0.3) is 0 Å². The predicted octanol–water partition coefficient (Wildman–Crippen LogP) is 6.47. The Balaban J connectivity index is 0.00000900. The predicted molar refractivity (Wildman–Crippen MR) is 129 cm³/mol. The normalized spacial score (nSPS) is 11.0. The van der Waals surface area contributed by atoms with Crippen LogP contribution in [0.5, 0.6) is 5.75 Å². The summed E-state index contributed by atoms with van der Waals surface area (Å²) < 4.78 is 32.6. The van der Waals surface area contributed by atoms with Gasteiger partial charge in [0.2, 0.25) is 0 Å². The number of benzene rings is 1. The van der Waals surface area contributed by atoms with E-state index >= 15 is 0 Å². The summed E-state index contributed by atoms with van der Waals surface area (Å²) in [4.78, 5) is 11.7. The van der Waals surface area contributed by atoms with Crippen molar-refractivity contribution >= 4 is 45.9 Å². The van der Waals surface area contributed by atoms with Gasteiger partial charge in [-0.25, -0.2) is 0 Å². The SMILES string of the molecule is CCCCCCCCCCCCCCCCCC(=O)OS(=O)(=O)Oc1ccccc1.[NaH]. The maximum atomic E-state index is 11.7. The van der Waals surface area contributed by atoms with Gasteiger partial charge in [0.25, 0.3) is 0 Å². The molecule has 0 aliphatic carbocycles. The Morgan fingerprint density at radius 2 is 1.13 bits per heavy atom. The van der Waals surface area contributed by atoms with Crippen LogP contribution in [0.1, 0.15) is 110 Å². The molecule has 0 aliphatic rings. The van der Waals surface area contributed by atoms with Crippen LogP contribution in [0.15, 0.2) is 30.3 Å². The van der Waals surface area contributed by atoms with Crippen molar-refractivity contribution in [3.8, 4) is 5.75 Å². The molecule has 0 aliphatic heterocycles. The molecule has 0 radical (unpaired) electrons. The second-order valence-corrected chi connectivity index (χ2v) is 9.11. The number of rotatable bonds is 19. The molecule has 5 nitrogen and oxygen atoms in total. The Bertz CT molecular complexity index is 649. The molecule has 1 aromatic rings. The molecule has 0 unspecified atom stereocenters. The van der Waals surface area contributed by atoms with Gasteiger partial charge in [-0.3, -0.25) is 4.79 Å². The zero-order valence-corrected chi connectivity index (χ0v) is 19.5.